The van der Waals surface area contributed by atoms with Crippen LogP contribution in [-0.2, 0) is 6.54 Å². The summed E-state index contributed by atoms with van der Waals surface area (Å²) in [5, 5.41) is 7.99. The molecule has 2 aromatic rings. The average Bonchev–Trinajstić information content (AvgIpc) is 3.37. The number of hydrogen-bond acceptors (Lipinski definition) is 2. The van der Waals surface area contributed by atoms with Crippen molar-refractivity contribution in [1.82, 2.24) is 15.1 Å². The van der Waals surface area contributed by atoms with Gasteiger partial charge in [-0.05, 0) is 43.9 Å². The summed E-state index contributed by atoms with van der Waals surface area (Å²) >= 11 is 0. The molecule has 0 radical (unpaired) electrons. The van der Waals surface area contributed by atoms with Crippen molar-refractivity contribution in [3.05, 3.63) is 47.5 Å². The molecule has 0 unspecified atom stereocenters. The molecule has 4 heteroatoms. The molecular weight excluding hydrogens is 253 g/mol. The van der Waals surface area contributed by atoms with Crippen LogP contribution in [0.1, 0.15) is 42.9 Å². The van der Waals surface area contributed by atoms with Gasteiger partial charge in [0.1, 0.15) is 5.82 Å². The van der Waals surface area contributed by atoms with Crippen molar-refractivity contribution < 1.29 is 4.39 Å². The Labute approximate surface area is 117 Å². The topological polar surface area (TPSA) is 29.9 Å². The van der Waals surface area contributed by atoms with Crippen LogP contribution in [0.4, 0.5) is 4.39 Å². The zero-order chi connectivity index (χ0) is 13.5. The first-order valence-corrected chi connectivity index (χ1v) is 7.38. The Morgan fingerprint density at radius 1 is 1.20 bits per heavy atom. The lowest BCUT2D eigenvalue weighted by molar-refractivity contribution is 0.582. The van der Waals surface area contributed by atoms with E-state index < -0.39 is 0 Å². The molecule has 1 N–H and O–H groups in total. The van der Waals surface area contributed by atoms with E-state index in [9.17, 15) is 4.39 Å². The van der Waals surface area contributed by atoms with Crippen molar-refractivity contribution in [2.75, 3.05) is 0 Å². The lowest BCUT2D eigenvalue weighted by Gasteiger charge is -2.11. The summed E-state index contributed by atoms with van der Waals surface area (Å²) < 4.78 is 15.9. The van der Waals surface area contributed by atoms with Crippen LogP contribution in [0.25, 0.3) is 5.69 Å². The molecule has 1 aromatic carbocycles. The molecule has 104 valence electrons. The van der Waals surface area contributed by atoms with Crippen molar-refractivity contribution >= 4 is 0 Å². The fourth-order valence-electron chi connectivity index (χ4n) is 2.54. The third-order valence-corrected chi connectivity index (χ3v) is 4.09. The number of hydrogen-bond donors (Lipinski definition) is 1. The molecule has 0 aliphatic heterocycles. The van der Waals surface area contributed by atoms with Crippen LogP contribution in [0.5, 0.6) is 0 Å². The molecule has 0 amide bonds. The summed E-state index contributed by atoms with van der Waals surface area (Å²) in [7, 11) is 0. The molecule has 2 aliphatic carbocycles. The standard InChI is InChI=1S/C16H18FN3/c17-14-2-1-3-16(13(14)10-18-12-6-7-12)20-9-8-15(19-20)11-4-5-11/h1-3,8-9,11-12,18H,4-7,10H2. The summed E-state index contributed by atoms with van der Waals surface area (Å²) in [5.74, 6) is 0.469. The highest BCUT2D eigenvalue weighted by molar-refractivity contribution is 5.41. The van der Waals surface area contributed by atoms with Gasteiger partial charge in [0.25, 0.3) is 0 Å². The highest BCUT2D eigenvalue weighted by Gasteiger charge is 2.26. The second-order valence-electron chi connectivity index (χ2n) is 5.85. The van der Waals surface area contributed by atoms with Crippen LogP contribution in [0.15, 0.2) is 30.5 Å². The Morgan fingerprint density at radius 3 is 2.80 bits per heavy atom. The third kappa shape index (κ3) is 2.36. The maximum absolute atomic E-state index is 14.1. The van der Waals surface area contributed by atoms with Crippen LogP contribution in [0, 0.1) is 5.82 Å². The van der Waals surface area contributed by atoms with E-state index in [4.69, 9.17) is 0 Å². The van der Waals surface area contributed by atoms with Gasteiger partial charge in [0.15, 0.2) is 0 Å². The highest BCUT2D eigenvalue weighted by Crippen LogP contribution is 2.39. The van der Waals surface area contributed by atoms with Crippen molar-refractivity contribution in [3.63, 3.8) is 0 Å². The summed E-state index contributed by atoms with van der Waals surface area (Å²) in [6, 6.07) is 7.85. The molecule has 1 aromatic heterocycles. The maximum Gasteiger partial charge on any atom is 0.129 e. The van der Waals surface area contributed by atoms with Crippen LogP contribution in [0.2, 0.25) is 0 Å². The Kier molecular flexibility index (Phi) is 2.84. The molecular formula is C16H18FN3. The summed E-state index contributed by atoms with van der Waals surface area (Å²) in [6.07, 6.45) is 6.82. The van der Waals surface area contributed by atoms with E-state index in [1.165, 1.54) is 31.7 Å². The van der Waals surface area contributed by atoms with E-state index in [1.807, 2.05) is 16.9 Å². The lowest BCUT2D eigenvalue weighted by atomic mass is 10.1. The molecule has 20 heavy (non-hydrogen) atoms. The molecule has 0 saturated heterocycles. The van der Waals surface area contributed by atoms with Gasteiger partial charge in [-0.25, -0.2) is 9.07 Å². The molecule has 0 atom stereocenters. The number of rotatable bonds is 5. The van der Waals surface area contributed by atoms with Crippen molar-refractivity contribution in [2.24, 2.45) is 0 Å². The van der Waals surface area contributed by atoms with Gasteiger partial charge >= 0.3 is 0 Å². The van der Waals surface area contributed by atoms with Crippen molar-refractivity contribution in [1.29, 1.82) is 0 Å². The maximum atomic E-state index is 14.1. The normalized spacial score (nSPS) is 18.4. The minimum Gasteiger partial charge on any atom is -0.310 e. The van der Waals surface area contributed by atoms with Gasteiger partial charge in [-0.1, -0.05) is 6.07 Å². The number of nitrogens with zero attached hydrogens (tertiary/aromatic N) is 2. The van der Waals surface area contributed by atoms with Crippen LogP contribution in [0.3, 0.4) is 0 Å². The molecule has 2 saturated carbocycles. The largest absolute Gasteiger partial charge is 0.310 e. The molecule has 0 bridgehead atoms. The predicted molar refractivity (Wildman–Crippen MR) is 75.4 cm³/mol. The van der Waals surface area contributed by atoms with Gasteiger partial charge < -0.3 is 5.32 Å². The minimum absolute atomic E-state index is 0.154. The second-order valence-corrected chi connectivity index (χ2v) is 5.85. The molecule has 2 fully saturated rings. The Balaban J connectivity index is 1.65. The minimum atomic E-state index is -0.154. The first kappa shape index (κ1) is 12.1. The number of nitrogens with one attached hydrogen (secondary N) is 1. The first-order valence-electron chi connectivity index (χ1n) is 7.38. The van der Waals surface area contributed by atoms with E-state index in [0.717, 1.165) is 11.4 Å². The van der Waals surface area contributed by atoms with Gasteiger partial charge in [0.05, 0.1) is 11.4 Å². The Morgan fingerprint density at radius 2 is 2.05 bits per heavy atom. The van der Waals surface area contributed by atoms with Gasteiger partial charge in [-0.15, -0.1) is 0 Å². The van der Waals surface area contributed by atoms with Crippen LogP contribution < -0.4 is 5.32 Å². The third-order valence-electron chi connectivity index (χ3n) is 4.09. The molecule has 1 heterocycles. The van der Waals surface area contributed by atoms with Crippen molar-refractivity contribution in [2.45, 2.75) is 44.2 Å². The van der Waals surface area contributed by atoms with Gasteiger partial charge in [-0.2, -0.15) is 5.10 Å². The lowest BCUT2D eigenvalue weighted by Crippen LogP contribution is -2.18. The SMILES string of the molecule is Fc1cccc(-n2ccc(C3CC3)n2)c1CNC1CC1. The van der Waals surface area contributed by atoms with E-state index in [0.29, 0.717) is 24.1 Å². The van der Waals surface area contributed by atoms with Crippen molar-refractivity contribution in [3.8, 4) is 5.69 Å². The van der Waals surface area contributed by atoms with Crippen LogP contribution >= 0.6 is 0 Å². The first-order chi connectivity index (χ1) is 9.81. The quantitative estimate of drug-likeness (QED) is 0.905. The fraction of sp³-hybridized carbons (Fsp3) is 0.438. The number of halogens is 1. The van der Waals surface area contributed by atoms with Gasteiger partial charge in [0.2, 0.25) is 0 Å². The smallest absolute Gasteiger partial charge is 0.129 e. The van der Waals surface area contributed by atoms with E-state index in [-0.39, 0.29) is 5.82 Å². The predicted octanol–water partition coefficient (Wildman–Crippen LogP) is 3.14. The van der Waals surface area contributed by atoms with E-state index >= 15 is 0 Å². The number of benzene rings is 1. The zero-order valence-electron chi connectivity index (χ0n) is 11.3. The van der Waals surface area contributed by atoms with Crippen LogP contribution in [-0.4, -0.2) is 15.8 Å². The Bertz CT molecular complexity index is 626. The number of aromatic nitrogens is 2. The average molecular weight is 271 g/mol. The second kappa shape index (κ2) is 4.70. The Hall–Kier alpha value is -1.68. The highest BCUT2D eigenvalue weighted by atomic mass is 19.1. The fourth-order valence-corrected chi connectivity index (χ4v) is 2.54. The summed E-state index contributed by atoms with van der Waals surface area (Å²) in [4.78, 5) is 0. The molecule has 4 rings (SSSR count). The van der Waals surface area contributed by atoms with E-state index in [2.05, 4.69) is 16.5 Å². The molecule has 0 spiro atoms. The summed E-state index contributed by atoms with van der Waals surface area (Å²) in [6.45, 7) is 0.575. The zero-order valence-corrected chi connectivity index (χ0v) is 11.3. The molecule has 3 nitrogen and oxygen atoms in total. The molecule has 2 aliphatic rings. The monoisotopic (exact) mass is 271 g/mol. The van der Waals surface area contributed by atoms with Gasteiger partial charge in [-0.3, -0.25) is 0 Å². The van der Waals surface area contributed by atoms with E-state index in [1.54, 1.807) is 6.07 Å². The summed E-state index contributed by atoms with van der Waals surface area (Å²) in [5.41, 5.74) is 2.70. The van der Waals surface area contributed by atoms with Gasteiger partial charge in [0, 0.05) is 30.3 Å².